The van der Waals surface area contributed by atoms with Gasteiger partial charge in [0.15, 0.2) is 0 Å². The molecule has 0 spiro atoms. The molecule has 0 saturated heterocycles. The number of amides is 1. The number of nitrogens with one attached hydrogen (secondary N) is 1. The summed E-state index contributed by atoms with van der Waals surface area (Å²) in [6, 6.07) is 16.9. The zero-order valence-corrected chi connectivity index (χ0v) is 18.1. The van der Waals surface area contributed by atoms with Crippen molar-refractivity contribution in [1.29, 1.82) is 0 Å². The van der Waals surface area contributed by atoms with Crippen LogP contribution in [0.5, 0.6) is 0 Å². The average Bonchev–Trinajstić information content (AvgIpc) is 3.36. The molecule has 33 heavy (non-hydrogen) atoms. The summed E-state index contributed by atoms with van der Waals surface area (Å²) in [5, 5.41) is 11.5. The number of aryl methyl sites for hydroxylation is 1. The van der Waals surface area contributed by atoms with Crippen LogP contribution < -0.4 is 10.9 Å². The van der Waals surface area contributed by atoms with Gasteiger partial charge in [-0.25, -0.2) is 0 Å². The van der Waals surface area contributed by atoms with Crippen LogP contribution in [0.1, 0.15) is 34.0 Å². The first-order valence-electron chi connectivity index (χ1n) is 10.8. The van der Waals surface area contributed by atoms with Crippen LogP contribution in [0, 0.1) is 0 Å². The minimum absolute atomic E-state index is 0.214. The van der Waals surface area contributed by atoms with Gasteiger partial charge in [0.2, 0.25) is 5.78 Å². The fourth-order valence-electron chi connectivity index (χ4n) is 3.87. The zero-order chi connectivity index (χ0) is 22.8. The maximum atomic E-state index is 13.5. The van der Waals surface area contributed by atoms with E-state index in [1.165, 1.54) is 5.56 Å². The van der Waals surface area contributed by atoms with Crippen LogP contribution in [0.4, 0.5) is 0 Å². The van der Waals surface area contributed by atoms with E-state index in [0.29, 0.717) is 35.3 Å². The highest BCUT2D eigenvalue weighted by Crippen LogP contribution is 2.16. The fourth-order valence-corrected chi connectivity index (χ4v) is 3.87. The van der Waals surface area contributed by atoms with Gasteiger partial charge in [-0.05, 0) is 53.4 Å². The summed E-state index contributed by atoms with van der Waals surface area (Å²) < 4.78 is 3.37. The molecule has 0 atom stereocenters. The van der Waals surface area contributed by atoms with E-state index in [9.17, 15) is 9.59 Å². The quantitative estimate of drug-likeness (QED) is 0.440. The lowest BCUT2D eigenvalue weighted by atomic mass is 10.1. The van der Waals surface area contributed by atoms with Crippen LogP contribution in [-0.2, 0) is 19.5 Å². The van der Waals surface area contributed by atoms with E-state index in [1.807, 2.05) is 24.3 Å². The molecule has 164 valence electrons. The van der Waals surface area contributed by atoms with Gasteiger partial charge in [0.1, 0.15) is 6.33 Å². The van der Waals surface area contributed by atoms with Crippen LogP contribution in [-0.4, -0.2) is 30.1 Å². The van der Waals surface area contributed by atoms with E-state index in [1.54, 1.807) is 45.9 Å². The summed E-state index contributed by atoms with van der Waals surface area (Å²) in [5.74, 6) is 0.209. The molecule has 0 bridgehead atoms. The Labute approximate surface area is 189 Å². The predicted octanol–water partition coefficient (Wildman–Crippen LogP) is 2.98. The van der Waals surface area contributed by atoms with Crippen LogP contribution in [0.15, 0.2) is 78.1 Å². The fraction of sp³-hybridized carbons (Fsp3) is 0.160. The Bertz CT molecular complexity index is 1500. The lowest BCUT2D eigenvalue weighted by Crippen LogP contribution is -2.25. The number of carbonyl (C=O) groups excluding carboxylic acids is 1. The molecule has 0 saturated carbocycles. The van der Waals surface area contributed by atoms with Crippen molar-refractivity contribution in [2.75, 3.05) is 0 Å². The molecule has 5 aromatic rings. The van der Waals surface area contributed by atoms with E-state index < -0.39 is 0 Å². The second kappa shape index (κ2) is 8.66. The van der Waals surface area contributed by atoms with Crippen molar-refractivity contribution >= 4 is 22.6 Å². The molecule has 8 nitrogen and oxygen atoms in total. The normalized spacial score (nSPS) is 11.2. The highest BCUT2D eigenvalue weighted by Gasteiger charge is 2.15. The van der Waals surface area contributed by atoms with Crippen molar-refractivity contribution in [1.82, 2.24) is 29.5 Å². The van der Waals surface area contributed by atoms with Crippen molar-refractivity contribution in [3.63, 3.8) is 0 Å². The molecule has 0 unspecified atom stereocenters. The minimum Gasteiger partial charge on any atom is -0.348 e. The Morgan fingerprint density at radius 2 is 1.73 bits per heavy atom. The Balaban J connectivity index is 1.52. The molecule has 1 amide bonds. The lowest BCUT2D eigenvalue weighted by Gasteiger charge is -2.12. The Morgan fingerprint density at radius 3 is 2.48 bits per heavy atom. The molecule has 0 aliphatic heterocycles. The molecule has 2 aromatic carbocycles. The molecule has 3 aromatic heterocycles. The third-order valence-electron chi connectivity index (χ3n) is 5.74. The standard InChI is InChI=1S/C25H22N6O2/c1-2-17-3-5-19(6-4-17)15-30-24(33)21-13-20(7-8-22(21)31-16-28-29-25(30)31)23(32)27-14-18-9-11-26-12-10-18/h3-13,16H,2,14-15H2,1H3,(H,27,32). The van der Waals surface area contributed by atoms with Gasteiger partial charge in [0.25, 0.3) is 11.5 Å². The molecule has 0 aliphatic rings. The Hall–Kier alpha value is -4.33. The number of aromatic nitrogens is 5. The summed E-state index contributed by atoms with van der Waals surface area (Å²) in [6.07, 6.45) is 5.90. The highest BCUT2D eigenvalue weighted by molar-refractivity contribution is 5.98. The second-order valence-electron chi connectivity index (χ2n) is 7.83. The summed E-state index contributed by atoms with van der Waals surface area (Å²) >= 11 is 0. The van der Waals surface area contributed by atoms with Gasteiger partial charge in [-0.1, -0.05) is 31.2 Å². The van der Waals surface area contributed by atoms with Gasteiger partial charge in [-0.15, -0.1) is 10.2 Å². The molecule has 0 radical (unpaired) electrons. The Morgan fingerprint density at radius 1 is 0.970 bits per heavy atom. The second-order valence-corrected chi connectivity index (χ2v) is 7.83. The van der Waals surface area contributed by atoms with Crippen molar-refractivity contribution in [3.8, 4) is 0 Å². The van der Waals surface area contributed by atoms with Crippen LogP contribution in [0.25, 0.3) is 16.7 Å². The number of benzene rings is 2. The maximum Gasteiger partial charge on any atom is 0.263 e. The van der Waals surface area contributed by atoms with Gasteiger partial charge < -0.3 is 5.32 Å². The molecule has 1 N–H and O–H groups in total. The van der Waals surface area contributed by atoms with Gasteiger partial charge in [-0.3, -0.25) is 23.5 Å². The van der Waals surface area contributed by atoms with E-state index in [4.69, 9.17) is 0 Å². The van der Waals surface area contributed by atoms with E-state index in [2.05, 4.69) is 39.6 Å². The maximum absolute atomic E-state index is 13.5. The third kappa shape index (κ3) is 3.98. The van der Waals surface area contributed by atoms with Crippen molar-refractivity contribution in [2.45, 2.75) is 26.4 Å². The monoisotopic (exact) mass is 438 g/mol. The molecular weight excluding hydrogens is 416 g/mol. The number of rotatable bonds is 6. The van der Waals surface area contributed by atoms with Gasteiger partial charge in [0.05, 0.1) is 17.4 Å². The van der Waals surface area contributed by atoms with Crippen molar-refractivity contribution in [2.24, 2.45) is 0 Å². The number of fused-ring (bicyclic) bond motifs is 3. The smallest absolute Gasteiger partial charge is 0.263 e. The Kier molecular flexibility index (Phi) is 5.40. The zero-order valence-electron chi connectivity index (χ0n) is 18.1. The number of nitrogens with zero attached hydrogens (tertiary/aromatic N) is 5. The van der Waals surface area contributed by atoms with Gasteiger partial charge >= 0.3 is 0 Å². The number of hydrogen-bond donors (Lipinski definition) is 1. The summed E-state index contributed by atoms with van der Waals surface area (Å²) in [7, 11) is 0. The molecule has 8 heteroatoms. The minimum atomic E-state index is -0.251. The van der Waals surface area contributed by atoms with E-state index in [0.717, 1.165) is 17.5 Å². The van der Waals surface area contributed by atoms with E-state index >= 15 is 0 Å². The van der Waals surface area contributed by atoms with E-state index in [-0.39, 0.29) is 11.5 Å². The summed E-state index contributed by atoms with van der Waals surface area (Å²) in [4.78, 5) is 30.2. The van der Waals surface area contributed by atoms with Crippen LogP contribution in [0.2, 0.25) is 0 Å². The molecule has 5 rings (SSSR count). The molecule has 0 aliphatic carbocycles. The first-order chi connectivity index (χ1) is 16.1. The predicted molar refractivity (Wildman–Crippen MR) is 125 cm³/mol. The van der Waals surface area contributed by atoms with Gasteiger partial charge in [-0.2, -0.15) is 0 Å². The van der Waals surface area contributed by atoms with Gasteiger partial charge in [0, 0.05) is 24.5 Å². The van der Waals surface area contributed by atoms with Crippen molar-refractivity contribution < 1.29 is 4.79 Å². The third-order valence-corrected chi connectivity index (χ3v) is 5.74. The number of pyridine rings is 1. The van der Waals surface area contributed by atoms with Crippen LogP contribution in [0.3, 0.4) is 0 Å². The molecule has 0 fully saturated rings. The number of carbonyl (C=O) groups is 1. The lowest BCUT2D eigenvalue weighted by molar-refractivity contribution is 0.0951. The van der Waals surface area contributed by atoms with Crippen LogP contribution >= 0.6 is 0 Å². The summed E-state index contributed by atoms with van der Waals surface area (Å²) in [6.45, 7) is 2.84. The molecule has 3 heterocycles. The average molecular weight is 438 g/mol. The first kappa shape index (κ1) is 20.6. The molecular formula is C25H22N6O2. The largest absolute Gasteiger partial charge is 0.348 e. The highest BCUT2D eigenvalue weighted by atomic mass is 16.1. The van der Waals surface area contributed by atoms with Crippen molar-refractivity contribution in [3.05, 3.63) is 106 Å². The SMILES string of the molecule is CCc1ccc(Cn2c(=O)c3cc(C(=O)NCc4ccncc4)ccc3n3cnnc23)cc1. The topological polar surface area (TPSA) is 94.2 Å². The number of hydrogen-bond acceptors (Lipinski definition) is 5. The first-order valence-corrected chi connectivity index (χ1v) is 10.8. The summed E-state index contributed by atoms with van der Waals surface area (Å²) in [5.41, 5.74) is 4.03.